The van der Waals surface area contributed by atoms with E-state index in [0.29, 0.717) is 5.56 Å². The first-order chi connectivity index (χ1) is 11.0. The van der Waals surface area contributed by atoms with E-state index in [1.165, 1.54) is 35.6 Å². The lowest BCUT2D eigenvalue weighted by Gasteiger charge is -2.23. The summed E-state index contributed by atoms with van der Waals surface area (Å²) in [6.07, 6.45) is 1.90. The number of aromatic nitrogens is 1. The Labute approximate surface area is 138 Å². The number of carbonyl (C=O) groups excluding carboxylic acids is 2. The number of nitrogens with zero attached hydrogens (tertiary/aromatic N) is 2. The van der Waals surface area contributed by atoms with Gasteiger partial charge < -0.3 is 10.2 Å². The van der Waals surface area contributed by atoms with Gasteiger partial charge in [0.15, 0.2) is 0 Å². The van der Waals surface area contributed by atoms with Gasteiger partial charge in [0, 0.05) is 37.2 Å². The van der Waals surface area contributed by atoms with Crippen molar-refractivity contribution in [3.05, 3.63) is 52.2 Å². The summed E-state index contributed by atoms with van der Waals surface area (Å²) in [5.41, 5.74) is 0.364. The standard InChI is InChI=1S/C16H18FN3O2S/c1-11(16-19-9-10-23-16)20(2)14(21)7-8-18-15(22)12-3-5-13(17)6-4-12/h3-6,9-11H,7-8H2,1-2H3,(H,18,22)/t11-/m0/s1. The van der Waals surface area contributed by atoms with Gasteiger partial charge in [-0.1, -0.05) is 0 Å². The predicted molar refractivity (Wildman–Crippen MR) is 86.6 cm³/mol. The van der Waals surface area contributed by atoms with Crippen molar-refractivity contribution in [1.82, 2.24) is 15.2 Å². The van der Waals surface area contributed by atoms with Gasteiger partial charge in [0.2, 0.25) is 5.91 Å². The fourth-order valence-corrected chi connectivity index (χ4v) is 2.72. The van der Waals surface area contributed by atoms with E-state index in [4.69, 9.17) is 0 Å². The lowest BCUT2D eigenvalue weighted by molar-refractivity contribution is -0.131. The van der Waals surface area contributed by atoms with Crippen molar-refractivity contribution < 1.29 is 14.0 Å². The summed E-state index contributed by atoms with van der Waals surface area (Å²) in [6, 6.07) is 5.16. The Morgan fingerprint density at radius 3 is 2.65 bits per heavy atom. The van der Waals surface area contributed by atoms with Gasteiger partial charge in [-0.2, -0.15) is 0 Å². The van der Waals surface area contributed by atoms with Gasteiger partial charge in [-0.15, -0.1) is 11.3 Å². The number of rotatable bonds is 6. The highest BCUT2D eigenvalue weighted by Crippen LogP contribution is 2.21. The van der Waals surface area contributed by atoms with Crippen molar-refractivity contribution in [2.24, 2.45) is 0 Å². The molecule has 23 heavy (non-hydrogen) atoms. The van der Waals surface area contributed by atoms with Gasteiger partial charge >= 0.3 is 0 Å². The van der Waals surface area contributed by atoms with Gasteiger partial charge in [-0.25, -0.2) is 9.37 Å². The van der Waals surface area contributed by atoms with Crippen molar-refractivity contribution in [3.8, 4) is 0 Å². The second-order valence-electron chi connectivity index (χ2n) is 5.06. The van der Waals surface area contributed by atoms with Crippen molar-refractivity contribution in [2.75, 3.05) is 13.6 Å². The van der Waals surface area contributed by atoms with Crippen LogP contribution in [0.3, 0.4) is 0 Å². The van der Waals surface area contributed by atoms with Gasteiger partial charge in [0.25, 0.3) is 5.91 Å². The van der Waals surface area contributed by atoms with Crippen molar-refractivity contribution in [1.29, 1.82) is 0 Å². The lowest BCUT2D eigenvalue weighted by atomic mass is 10.2. The molecule has 0 fully saturated rings. The van der Waals surface area contributed by atoms with Crippen LogP contribution in [-0.2, 0) is 4.79 Å². The third kappa shape index (κ3) is 4.59. The molecule has 0 aliphatic heterocycles. The summed E-state index contributed by atoms with van der Waals surface area (Å²) in [7, 11) is 1.72. The molecule has 7 heteroatoms. The molecule has 0 aliphatic rings. The first-order valence-electron chi connectivity index (χ1n) is 7.18. The summed E-state index contributed by atoms with van der Waals surface area (Å²) in [4.78, 5) is 29.8. The zero-order valence-electron chi connectivity index (χ0n) is 13.0. The summed E-state index contributed by atoms with van der Waals surface area (Å²) in [5, 5.41) is 5.40. The molecular formula is C16H18FN3O2S. The third-order valence-corrected chi connectivity index (χ3v) is 4.46. The van der Waals surface area contributed by atoms with E-state index in [-0.39, 0.29) is 30.8 Å². The molecule has 2 rings (SSSR count). The molecule has 122 valence electrons. The largest absolute Gasteiger partial charge is 0.352 e. The summed E-state index contributed by atoms with van der Waals surface area (Å²) < 4.78 is 12.8. The van der Waals surface area contributed by atoms with Crippen molar-refractivity contribution in [3.63, 3.8) is 0 Å². The molecule has 1 atom stereocenters. The number of nitrogens with one attached hydrogen (secondary N) is 1. The first-order valence-corrected chi connectivity index (χ1v) is 8.06. The van der Waals surface area contributed by atoms with E-state index < -0.39 is 5.82 Å². The Morgan fingerprint density at radius 2 is 2.04 bits per heavy atom. The molecule has 5 nitrogen and oxygen atoms in total. The summed E-state index contributed by atoms with van der Waals surface area (Å²) >= 11 is 1.50. The predicted octanol–water partition coefficient (Wildman–Crippen LogP) is 2.62. The number of thiazole rings is 1. The third-order valence-electron chi connectivity index (χ3n) is 3.51. The van der Waals surface area contributed by atoms with E-state index >= 15 is 0 Å². The number of halogens is 1. The molecule has 0 spiro atoms. The van der Waals surface area contributed by atoms with Gasteiger partial charge in [0.1, 0.15) is 10.8 Å². The Morgan fingerprint density at radius 1 is 1.35 bits per heavy atom. The molecule has 0 saturated heterocycles. The topological polar surface area (TPSA) is 62.3 Å². The monoisotopic (exact) mass is 335 g/mol. The van der Waals surface area contributed by atoms with E-state index in [9.17, 15) is 14.0 Å². The number of benzene rings is 1. The van der Waals surface area contributed by atoms with Crippen LogP contribution in [0.1, 0.15) is 34.8 Å². The normalized spacial score (nSPS) is 11.8. The highest BCUT2D eigenvalue weighted by atomic mass is 32.1. The van der Waals surface area contributed by atoms with E-state index in [1.54, 1.807) is 18.1 Å². The smallest absolute Gasteiger partial charge is 0.251 e. The molecule has 1 heterocycles. The van der Waals surface area contributed by atoms with Crippen LogP contribution in [0.4, 0.5) is 4.39 Å². The summed E-state index contributed by atoms with van der Waals surface area (Å²) in [6.45, 7) is 2.14. The number of carbonyl (C=O) groups is 2. The minimum atomic E-state index is -0.394. The fourth-order valence-electron chi connectivity index (χ4n) is 1.99. The van der Waals surface area contributed by atoms with Crippen LogP contribution in [0.25, 0.3) is 0 Å². The Hall–Kier alpha value is -2.28. The van der Waals surface area contributed by atoms with E-state index in [0.717, 1.165) is 5.01 Å². The maximum atomic E-state index is 12.8. The molecule has 1 aromatic heterocycles. The molecule has 0 unspecified atom stereocenters. The van der Waals surface area contributed by atoms with E-state index in [1.807, 2.05) is 12.3 Å². The van der Waals surface area contributed by atoms with Crippen LogP contribution >= 0.6 is 11.3 Å². The molecule has 0 bridgehead atoms. The molecule has 2 amide bonds. The molecule has 0 aliphatic carbocycles. The quantitative estimate of drug-likeness (QED) is 0.883. The summed E-state index contributed by atoms with van der Waals surface area (Å²) in [5.74, 6) is -0.796. The van der Waals surface area contributed by atoms with Crippen LogP contribution in [0.15, 0.2) is 35.8 Å². The average Bonchev–Trinajstić information content (AvgIpc) is 3.08. The fraction of sp³-hybridized carbons (Fsp3) is 0.312. The van der Waals surface area contributed by atoms with Gasteiger partial charge in [-0.05, 0) is 31.2 Å². The van der Waals surface area contributed by atoms with Crippen molar-refractivity contribution in [2.45, 2.75) is 19.4 Å². The SMILES string of the molecule is C[C@@H](c1nccs1)N(C)C(=O)CCNC(=O)c1ccc(F)cc1. The first kappa shape index (κ1) is 17.1. The average molecular weight is 335 g/mol. The minimum absolute atomic E-state index is 0.0768. The van der Waals surface area contributed by atoms with Crippen LogP contribution in [0.2, 0.25) is 0 Å². The second kappa shape index (κ2) is 7.82. The Kier molecular flexibility index (Phi) is 5.81. The van der Waals surface area contributed by atoms with Crippen LogP contribution in [0.5, 0.6) is 0 Å². The second-order valence-corrected chi connectivity index (χ2v) is 5.99. The van der Waals surface area contributed by atoms with Crippen LogP contribution in [0, 0.1) is 5.82 Å². The Bertz CT molecular complexity index is 658. The zero-order chi connectivity index (χ0) is 16.8. The number of hydrogen-bond donors (Lipinski definition) is 1. The maximum absolute atomic E-state index is 12.8. The van der Waals surface area contributed by atoms with Crippen LogP contribution < -0.4 is 5.32 Å². The number of amides is 2. The van der Waals surface area contributed by atoms with Gasteiger partial charge in [0.05, 0.1) is 6.04 Å². The highest BCUT2D eigenvalue weighted by molar-refractivity contribution is 7.09. The highest BCUT2D eigenvalue weighted by Gasteiger charge is 2.19. The molecule has 0 radical (unpaired) electrons. The number of hydrogen-bond acceptors (Lipinski definition) is 4. The minimum Gasteiger partial charge on any atom is -0.352 e. The van der Waals surface area contributed by atoms with Crippen molar-refractivity contribution >= 4 is 23.2 Å². The molecule has 2 aromatic rings. The van der Waals surface area contributed by atoms with Gasteiger partial charge in [-0.3, -0.25) is 9.59 Å². The molecule has 1 aromatic carbocycles. The zero-order valence-corrected chi connectivity index (χ0v) is 13.8. The van der Waals surface area contributed by atoms with Crippen LogP contribution in [-0.4, -0.2) is 35.3 Å². The van der Waals surface area contributed by atoms with E-state index in [2.05, 4.69) is 10.3 Å². The molecule has 1 N–H and O–H groups in total. The molecule has 0 saturated carbocycles. The maximum Gasteiger partial charge on any atom is 0.251 e. The Balaban J connectivity index is 1.80. The lowest BCUT2D eigenvalue weighted by Crippen LogP contribution is -2.33. The molecular weight excluding hydrogens is 317 g/mol.